The number of fused-ring (bicyclic) bond motifs is 1. The average Bonchev–Trinajstić information content (AvgIpc) is 2.78. The van der Waals surface area contributed by atoms with Gasteiger partial charge in [-0.05, 0) is 17.7 Å². The molecule has 2 aliphatic rings. The highest BCUT2D eigenvalue weighted by Gasteiger charge is 2.29. The summed E-state index contributed by atoms with van der Waals surface area (Å²) in [5.41, 5.74) is 0.677. The Kier molecular flexibility index (Phi) is 5.43. The molecule has 2 heterocycles. The summed E-state index contributed by atoms with van der Waals surface area (Å²) < 4.78 is 16.3. The first kappa shape index (κ1) is 17.5. The number of nitrogens with zero attached hydrogens (tertiary/aromatic N) is 1. The van der Waals surface area contributed by atoms with Crippen molar-refractivity contribution in [2.75, 3.05) is 19.8 Å². The zero-order chi connectivity index (χ0) is 17.8. The van der Waals surface area contributed by atoms with Crippen molar-refractivity contribution in [2.24, 2.45) is 0 Å². The quantitative estimate of drug-likeness (QED) is 0.585. The Hall–Kier alpha value is -2.28. The van der Waals surface area contributed by atoms with Crippen LogP contribution >= 0.6 is 11.6 Å². The third kappa shape index (κ3) is 4.22. The molecule has 1 aromatic rings. The number of esters is 1. The molecule has 1 fully saturated rings. The molecule has 0 bridgehead atoms. The highest BCUT2D eigenvalue weighted by molar-refractivity contribution is 6.32. The van der Waals surface area contributed by atoms with Crippen molar-refractivity contribution in [3.8, 4) is 11.5 Å². The first-order chi connectivity index (χ1) is 12.0. The van der Waals surface area contributed by atoms with E-state index in [9.17, 15) is 14.4 Å². The van der Waals surface area contributed by atoms with Crippen LogP contribution in [-0.4, -0.2) is 42.4 Å². The molecule has 0 spiro atoms. The SMILES string of the molecule is O=C(CCN1C(=O)CCC1=O)OCc1cc(Cl)c2c(c1)OCCCO2. The van der Waals surface area contributed by atoms with E-state index in [1.54, 1.807) is 12.1 Å². The maximum absolute atomic E-state index is 11.9. The first-order valence-electron chi connectivity index (χ1n) is 8.11. The van der Waals surface area contributed by atoms with Gasteiger partial charge in [-0.25, -0.2) is 0 Å². The molecule has 134 valence electrons. The van der Waals surface area contributed by atoms with Crippen LogP contribution in [0.4, 0.5) is 0 Å². The van der Waals surface area contributed by atoms with Crippen molar-refractivity contribution in [1.82, 2.24) is 4.90 Å². The summed E-state index contributed by atoms with van der Waals surface area (Å²) in [5.74, 6) is 0.0558. The minimum atomic E-state index is -0.490. The lowest BCUT2D eigenvalue weighted by molar-refractivity contribution is -0.146. The molecule has 0 radical (unpaired) electrons. The monoisotopic (exact) mass is 367 g/mol. The molecule has 1 aromatic carbocycles. The largest absolute Gasteiger partial charge is 0.489 e. The number of benzene rings is 1. The number of hydrogen-bond donors (Lipinski definition) is 0. The summed E-state index contributed by atoms with van der Waals surface area (Å²) >= 11 is 6.19. The van der Waals surface area contributed by atoms with Gasteiger partial charge >= 0.3 is 5.97 Å². The minimum Gasteiger partial charge on any atom is -0.489 e. The normalized spacial score (nSPS) is 16.8. The molecule has 1 saturated heterocycles. The predicted octanol–water partition coefficient (Wildman–Crippen LogP) is 2.08. The van der Waals surface area contributed by atoms with Gasteiger partial charge < -0.3 is 14.2 Å². The lowest BCUT2D eigenvalue weighted by atomic mass is 10.2. The summed E-state index contributed by atoms with van der Waals surface area (Å²) in [7, 11) is 0. The Morgan fingerprint density at radius 3 is 2.64 bits per heavy atom. The van der Waals surface area contributed by atoms with Crippen LogP contribution in [-0.2, 0) is 25.7 Å². The second kappa shape index (κ2) is 7.74. The zero-order valence-electron chi connectivity index (χ0n) is 13.6. The summed E-state index contributed by atoms with van der Waals surface area (Å²) in [5, 5.41) is 0.402. The molecule has 0 atom stereocenters. The van der Waals surface area contributed by atoms with E-state index in [2.05, 4.69) is 0 Å². The van der Waals surface area contributed by atoms with Gasteiger partial charge in [0, 0.05) is 25.8 Å². The molecule has 3 rings (SSSR count). The van der Waals surface area contributed by atoms with Crippen LogP contribution < -0.4 is 9.47 Å². The van der Waals surface area contributed by atoms with Gasteiger partial charge in [0.2, 0.25) is 11.8 Å². The number of imide groups is 1. The van der Waals surface area contributed by atoms with Gasteiger partial charge in [-0.1, -0.05) is 11.6 Å². The molecule has 25 heavy (non-hydrogen) atoms. The van der Waals surface area contributed by atoms with Crippen molar-refractivity contribution in [3.05, 3.63) is 22.7 Å². The Bertz CT molecular complexity index is 689. The van der Waals surface area contributed by atoms with Crippen molar-refractivity contribution in [1.29, 1.82) is 0 Å². The van der Waals surface area contributed by atoms with Crippen LogP contribution in [0.5, 0.6) is 11.5 Å². The molecule has 2 aliphatic heterocycles. The van der Waals surface area contributed by atoms with Gasteiger partial charge in [0.05, 0.1) is 24.7 Å². The maximum Gasteiger partial charge on any atom is 0.307 e. The topological polar surface area (TPSA) is 82.1 Å². The van der Waals surface area contributed by atoms with Crippen molar-refractivity contribution < 1.29 is 28.6 Å². The highest BCUT2D eigenvalue weighted by atomic mass is 35.5. The standard InChI is InChI=1S/C17H18ClNO6/c18-12-8-11(9-13-17(12)24-7-1-6-23-13)10-25-16(22)4-5-19-14(20)2-3-15(19)21/h8-9H,1-7,10H2. The van der Waals surface area contributed by atoms with Gasteiger partial charge in [-0.2, -0.15) is 0 Å². The van der Waals surface area contributed by atoms with Crippen LogP contribution in [0.2, 0.25) is 5.02 Å². The predicted molar refractivity (Wildman–Crippen MR) is 87.4 cm³/mol. The maximum atomic E-state index is 11.9. The summed E-state index contributed by atoms with van der Waals surface area (Å²) in [6.07, 6.45) is 1.16. The second-order valence-electron chi connectivity index (χ2n) is 5.81. The number of hydrogen-bond acceptors (Lipinski definition) is 6. The van der Waals surface area contributed by atoms with Crippen molar-refractivity contribution in [2.45, 2.75) is 32.3 Å². The lowest BCUT2D eigenvalue weighted by Crippen LogP contribution is -2.31. The molecule has 0 N–H and O–H groups in total. The molecule has 7 nitrogen and oxygen atoms in total. The second-order valence-corrected chi connectivity index (χ2v) is 6.21. The number of ether oxygens (including phenoxy) is 3. The Labute approximate surface area is 149 Å². The molecule has 2 amide bonds. The molecule has 8 heteroatoms. The number of halogens is 1. The van der Waals surface area contributed by atoms with E-state index in [0.29, 0.717) is 35.3 Å². The number of carbonyl (C=O) groups excluding carboxylic acids is 3. The third-order valence-corrected chi connectivity index (χ3v) is 4.24. The molecule has 0 aromatic heterocycles. The van der Waals surface area contributed by atoms with Gasteiger partial charge in [-0.3, -0.25) is 19.3 Å². The Morgan fingerprint density at radius 2 is 1.88 bits per heavy atom. The summed E-state index contributed by atoms with van der Waals surface area (Å²) in [6, 6.07) is 3.39. The zero-order valence-corrected chi connectivity index (χ0v) is 14.3. The lowest BCUT2D eigenvalue weighted by Gasteiger charge is -2.14. The third-order valence-electron chi connectivity index (χ3n) is 3.96. The van der Waals surface area contributed by atoms with Crippen LogP contribution in [0.1, 0.15) is 31.2 Å². The fourth-order valence-corrected chi connectivity index (χ4v) is 2.97. The van der Waals surface area contributed by atoms with E-state index in [0.717, 1.165) is 11.3 Å². The number of carbonyl (C=O) groups is 3. The van der Waals surface area contributed by atoms with E-state index in [1.807, 2.05) is 0 Å². The fourth-order valence-electron chi connectivity index (χ4n) is 2.68. The van der Waals surface area contributed by atoms with E-state index in [1.165, 1.54) is 0 Å². The summed E-state index contributed by atoms with van der Waals surface area (Å²) in [4.78, 5) is 35.9. The van der Waals surface area contributed by atoms with E-state index in [-0.39, 0.29) is 44.2 Å². The number of rotatable bonds is 5. The highest BCUT2D eigenvalue weighted by Crippen LogP contribution is 2.38. The van der Waals surface area contributed by atoms with Crippen LogP contribution in [0.25, 0.3) is 0 Å². The first-order valence-corrected chi connectivity index (χ1v) is 8.49. The Balaban J connectivity index is 1.53. The average molecular weight is 368 g/mol. The fraction of sp³-hybridized carbons (Fsp3) is 0.471. The molecule has 0 aliphatic carbocycles. The van der Waals surface area contributed by atoms with E-state index >= 15 is 0 Å². The van der Waals surface area contributed by atoms with E-state index < -0.39 is 5.97 Å². The molecule has 0 unspecified atom stereocenters. The van der Waals surface area contributed by atoms with Crippen LogP contribution in [0, 0.1) is 0 Å². The van der Waals surface area contributed by atoms with Crippen molar-refractivity contribution in [3.63, 3.8) is 0 Å². The number of amides is 2. The van der Waals surface area contributed by atoms with Gasteiger partial charge in [0.15, 0.2) is 11.5 Å². The van der Waals surface area contributed by atoms with Gasteiger partial charge in [0.25, 0.3) is 0 Å². The van der Waals surface area contributed by atoms with Gasteiger partial charge in [-0.15, -0.1) is 0 Å². The van der Waals surface area contributed by atoms with Crippen LogP contribution in [0.15, 0.2) is 12.1 Å². The molecule has 0 saturated carbocycles. The minimum absolute atomic E-state index is 0.0249. The van der Waals surface area contributed by atoms with Gasteiger partial charge in [0.1, 0.15) is 6.61 Å². The smallest absolute Gasteiger partial charge is 0.307 e. The Morgan fingerprint density at radius 1 is 1.16 bits per heavy atom. The molecular weight excluding hydrogens is 350 g/mol. The summed E-state index contributed by atoms with van der Waals surface area (Å²) in [6.45, 7) is 1.15. The number of likely N-dealkylation sites (tertiary alicyclic amines) is 1. The van der Waals surface area contributed by atoms with Crippen LogP contribution in [0.3, 0.4) is 0 Å². The van der Waals surface area contributed by atoms with E-state index in [4.69, 9.17) is 25.8 Å². The molecular formula is C17H18ClNO6. The van der Waals surface area contributed by atoms with Crippen molar-refractivity contribution >= 4 is 29.4 Å².